The maximum atomic E-state index is 12.2. The smallest absolute Gasteiger partial charge is 0.376 e. The van der Waals surface area contributed by atoms with Crippen LogP contribution >= 0.6 is 0 Å². The summed E-state index contributed by atoms with van der Waals surface area (Å²) < 4.78 is 31.1. The zero-order valence-corrected chi connectivity index (χ0v) is 48.9. The SMILES string of the molecule is COC(=O)c1cc(C2CCCN2B(C)O)c2nc(N3CCOCC3)cnc2c1.COC(=O)c1cc(C2CCCN2B(C)O)c2nc(N3CCOCC3)cnc2c1.COC(=O)c1cc(C2CCCN2B(C)O)c2nc(N3CCOCC3)cnc2c1. The minimum atomic E-state index is -0.570. The predicted molar refractivity (Wildman–Crippen MR) is 319 cm³/mol. The molecule has 24 nitrogen and oxygen atoms in total. The number of hydrogen-bond donors (Lipinski definition) is 3. The molecule has 6 saturated heterocycles. The molecule has 3 aromatic carbocycles. The van der Waals surface area contributed by atoms with Crippen LogP contribution in [0.3, 0.4) is 0 Å². The van der Waals surface area contributed by atoms with Crippen LogP contribution in [0.25, 0.3) is 33.1 Å². The number of nitrogens with zero attached hydrogens (tertiary/aromatic N) is 12. The van der Waals surface area contributed by atoms with Crippen LogP contribution in [-0.2, 0) is 28.4 Å². The van der Waals surface area contributed by atoms with E-state index in [1.807, 2.05) is 32.6 Å². The fraction of sp³-hybridized carbons (Fsp3) is 0.526. The summed E-state index contributed by atoms with van der Waals surface area (Å²) in [6, 6.07) is 10.7. The Kier molecular flexibility index (Phi) is 19.8. The molecule has 3 N–H and O–H groups in total. The molecule has 3 unspecified atom stereocenters. The van der Waals surface area contributed by atoms with Crippen LogP contribution in [0.15, 0.2) is 55.0 Å². The van der Waals surface area contributed by atoms with Crippen molar-refractivity contribution < 1.29 is 57.9 Å². The van der Waals surface area contributed by atoms with Gasteiger partial charge in [0.2, 0.25) is 0 Å². The molecule has 3 aromatic heterocycles. The molecular formula is C57H75B3N12O12. The molecule has 6 aliphatic rings. The van der Waals surface area contributed by atoms with Gasteiger partial charge in [-0.2, -0.15) is 0 Å². The van der Waals surface area contributed by atoms with E-state index in [1.165, 1.54) is 21.3 Å². The maximum Gasteiger partial charge on any atom is 0.376 e. The first-order valence-corrected chi connectivity index (χ1v) is 29.2. The number of aromatic nitrogens is 6. The quantitative estimate of drug-likeness (QED) is 0.0865. The van der Waals surface area contributed by atoms with Gasteiger partial charge in [-0.15, -0.1) is 0 Å². The van der Waals surface area contributed by atoms with E-state index in [0.717, 1.165) is 148 Å². The molecule has 0 saturated carbocycles. The number of methoxy groups -OCH3 is 3. The third-order valence-corrected chi connectivity index (χ3v) is 16.7. The average molecular weight is 1150 g/mol. The lowest BCUT2D eigenvalue weighted by atomic mass is 9.82. The zero-order chi connectivity index (χ0) is 59.0. The Bertz CT molecular complexity index is 2960. The summed E-state index contributed by atoms with van der Waals surface area (Å²) in [6.45, 7) is 16.4. The summed E-state index contributed by atoms with van der Waals surface area (Å²) in [4.78, 5) is 77.7. The highest BCUT2D eigenvalue weighted by Gasteiger charge is 2.37. The minimum absolute atomic E-state index is 0.0126. The van der Waals surface area contributed by atoms with E-state index in [1.54, 1.807) is 57.3 Å². The monoisotopic (exact) mass is 1150 g/mol. The highest BCUT2D eigenvalue weighted by molar-refractivity contribution is 6.46. The highest BCUT2D eigenvalue weighted by Crippen LogP contribution is 2.40. The Balaban J connectivity index is 0.000000140. The zero-order valence-electron chi connectivity index (χ0n) is 48.9. The van der Waals surface area contributed by atoms with E-state index in [9.17, 15) is 29.5 Å². The van der Waals surface area contributed by atoms with Crippen LogP contribution in [0.2, 0.25) is 20.5 Å². The molecule has 6 aliphatic heterocycles. The van der Waals surface area contributed by atoms with Gasteiger partial charge in [-0.05, 0) is 132 Å². The fourth-order valence-electron chi connectivity index (χ4n) is 12.4. The number of fused-ring (bicyclic) bond motifs is 3. The number of anilines is 3. The molecule has 3 atom stereocenters. The van der Waals surface area contributed by atoms with E-state index in [-0.39, 0.29) is 18.1 Å². The number of morpholine rings is 3. The number of esters is 3. The van der Waals surface area contributed by atoms with Gasteiger partial charge < -0.3 is 72.6 Å². The first-order chi connectivity index (χ1) is 40.7. The summed E-state index contributed by atoms with van der Waals surface area (Å²) in [5.41, 5.74) is 8.41. The topological polar surface area (TPSA) is 264 Å². The van der Waals surface area contributed by atoms with E-state index in [4.69, 9.17) is 43.4 Å². The molecule has 0 amide bonds. The molecule has 9 heterocycles. The lowest BCUT2D eigenvalue weighted by molar-refractivity contribution is 0.0592. The number of carbonyl (C=O) groups is 3. The van der Waals surface area contributed by atoms with Gasteiger partial charge in [0, 0.05) is 57.4 Å². The molecule has 0 spiro atoms. The van der Waals surface area contributed by atoms with E-state index in [0.29, 0.717) is 72.9 Å². The second-order valence-corrected chi connectivity index (χ2v) is 21.8. The van der Waals surface area contributed by atoms with Gasteiger partial charge in [-0.3, -0.25) is 15.0 Å². The average Bonchev–Trinajstić information content (AvgIpc) is 2.26. The van der Waals surface area contributed by atoms with Crippen molar-refractivity contribution in [3.63, 3.8) is 0 Å². The molecule has 84 heavy (non-hydrogen) atoms. The second kappa shape index (κ2) is 27.6. The summed E-state index contributed by atoms with van der Waals surface area (Å²) in [5.74, 6) is 1.23. The van der Waals surface area contributed by atoms with Crippen LogP contribution in [0.4, 0.5) is 17.5 Å². The van der Waals surface area contributed by atoms with Crippen molar-refractivity contribution in [2.75, 3.05) is 135 Å². The van der Waals surface area contributed by atoms with Gasteiger partial charge in [-0.25, -0.2) is 29.3 Å². The largest absolute Gasteiger partial charge is 0.465 e. The highest BCUT2D eigenvalue weighted by atomic mass is 16.5. The molecule has 0 radical (unpaired) electrons. The van der Waals surface area contributed by atoms with Crippen LogP contribution in [0.5, 0.6) is 0 Å². The van der Waals surface area contributed by atoms with Crippen LogP contribution < -0.4 is 14.7 Å². The van der Waals surface area contributed by atoms with Gasteiger partial charge in [0.25, 0.3) is 0 Å². The van der Waals surface area contributed by atoms with Crippen molar-refractivity contribution in [3.8, 4) is 0 Å². The normalized spacial score (nSPS) is 20.5. The Labute approximate surface area is 490 Å². The second-order valence-electron chi connectivity index (χ2n) is 21.8. The molecule has 12 rings (SSSR count). The van der Waals surface area contributed by atoms with E-state index >= 15 is 0 Å². The number of rotatable bonds is 12. The number of carbonyl (C=O) groups excluding carboxylic acids is 3. The van der Waals surface area contributed by atoms with E-state index in [2.05, 4.69) is 29.7 Å². The van der Waals surface area contributed by atoms with Crippen molar-refractivity contribution in [1.82, 2.24) is 44.3 Å². The third kappa shape index (κ3) is 13.4. The number of ether oxygens (including phenoxy) is 6. The summed E-state index contributed by atoms with van der Waals surface area (Å²) in [5, 5.41) is 30.6. The third-order valence-electron chi connectivity index (χ3n) is 16.7. The molecule has 444 valence electrons. The minimum Gasteiger partial charge on any atom is -0.465 e. The van der Waals surface area contributed by atoms with Crippen LogP contribution in [0, 0.1) is 0 Å². The molecule has 27 heteroatoms. The Morgan fingerprint density at radius 1 is 0.440 bits per heavy atom. The Morgan fingerprint density at radius 3 is 0.940 bits per heavy atom. The van der Waals surface area contributed by atoms with E-state index < -0.39 is 39.1 Å². The van der Waals surface area contributed by atoms with Crippen molar-refractivity contribution in [1.29, 1.82) is 0 Å². The van der Waals surface area contributed by atoms with Crippen molar-refractivity contribution >= 4 is 89.6 Å². The predicted octanol–water partition coefficient (Wildman–Crippen LogP) is 4.50. The molecule has 0 aliphatic carbocycles. The fourth-order valence-corrected chi connectivity index (χ4v) is 12.4. The maximum absolute atomic E-state index is 12.2. The van der Waals surface area contributed by atoms with Crippen molar-refractivity contribution in [2.24, 2.45) is 0 Å². The lowest BCUT2D eigenvalue weighted by Gasteiger charge is -2.29. The molecule has 0 bridgehead atoms. The molecular weight excluding hydrogens is 1080 g/mol. The lowest BCUT2D eigenvalue weighted by Crippen LogP contribution is -2.37. The first-order valence-electron chi connectivity index (χ1n) is 29.2. The first kappa shape index (κ1) is 60.4. The number of benzene rings is 3. The van der Waals surface area contributed by atoms with Gasteiger partial charge in [0.15, 0.2) is 0 Å². The van der Waals surface area contributed by atoms with Gasteiger partial charge >= 0.3 is 39.1 Å². The molecule has 6 fully saturated rings. The standard InChI is InChI=1S/3C19H25BN4O4/c3*1-20(26)24-5-3-4-16(24)14-10-13(19(25)27-2)11-15-18(14)22-17(12-21-15)23-6-8-28-9-7-23/h3*10-12,16,26H,3-9H2,1-2H3. The van der Waals surface area contributed by atoms with Crippen LogP contribution in [-0.4, -0.2) is 218 Å². The van der Waals surface area contributed by atoms with Crippen molar-refractivity contribution in [3.05, 3.63) is 88.4 Å². The number of hydrogen-bond acceptors (Lipinski definition) is 24. The van der Waals surface area contributed by atoms with Gasteiger partial charge in [0.05, 0.1) is 129 Å². The summed E-state index contributed by atoms with van der Waals surface area (Å²) >= 11 is 0. The Morgan fingerprint density at radius 2 is 0.702 bits per heavy atom. The van der Waals surface area contributed by atoms with Crippen molar-refractivity contribution in [2.45, 2.75) is 77.1 Å². The van der Waals surface area contributed by atoms with Crippen LogP contribution in [0.1, 0.15) is 104 Å². The van der Waals surface area contributed by atoms with Gasteiger partial charge in [-0.1, -0.05) is 0 Å². The summed E-state index contributed by atoms with van der Waals surface area (Å²) in [7, 11) is 2.41. The molecule has 6 aromatic rings. The van der Waals surface area contributed by atoms with Gasteiger partial charge in [0.1, 0.15) is 17.5 Å². The summed E-state index contributed by atoms with van der Waals surface area (Å²) in [6.07, 6.45) is 10.9. The Hall–Kier alpha value is -6.68.